The Bertz CT molecular complexity index is 712. The molecule has 1 aromatic carbocycles. The molecule has 2 N–H and O–H groups in total. The van der Waals surface area contributed by atoms with Gasteiger partial charge in [-0.3, -0.25) is 4.98 Å². The van der Waals surface area contributed by atoms with Crippen molar-refractivity contribution in [1.29, 1.82) is 0 Å². The molecule has 0 amide bonds. The van der Waals surface area contributed by atoms with Gasteiger partial charge in [-0.05, 0) is 24.3 Å². The van der Waals surface area contributed by atoms with E-state index in [-0.39, 0.29) is 18.2 Å². The van der Waals surface area contributed by atoms with Crippen LogP contribution in [0, 0.1) is 5.82 Å². The Morgan fingerprint density at radius 2 is 2.05 bits per heavy atom. The normalized spacial score (nSPS) is 10.4. The third kappa shape index (κ3) is 2.40. The number of nitrogens with two attached hydrogens (primary N) is 1. The number of pyridine rings is 1. The molecular weight excluding hydrogens is 269 g/mol. The van der Waals surface area contributed by atoms with E-state index in [1.165, 1.54) is 18.6 Å². The molecule has 2 aromatic heterocycles. The fourth-order valence-corrected chi connectivity index (χ4v) is 1.84. The number of aromatic nitrogens is 4. The molecule has 0 saturated carbocycles. The lowest BCUT2D eigenvalue weighted by Gasteiger charge is -2.05. The summed E-state index contributed by atoms with van der Waals surface area (Å²) in [5.41, 5.74) is 7.09. The lowest BCUT2D eigenvalue weighted by Crippen LogP contribution is -2.07. The van der Waals surface area contributed by atoms with E-state index in [0.717, 1.165) is 11.2 Å². The standard InChI is InChI=1S/C12H10FN5.ClH/c13-9-3-8-4-10(1-2-11(8)15-6-9)18-12(5-14)16-7-17-18;/h1-4,6-7H,5,14H2;1H. The van der Waals surface area contributed by atoms with Crippen LogP contribution in [-0.4, -0.2) is 19.7 Å². The number of fused-ring (bicyclic) bond motifs is 1. The van der Waals surface area contributed by atoms with Gasteiger partial charge in [0.15, 0.2) is 0 Å². The molecule has 0 aliphatic rings. The van der Waals surface area contributed by atoms with Crippen LogP contribution >= 0.6 is 12.4 Å². The van der Waals surface area contributed by atoms with Gasteiger partial charge in [0, 0.05) is 5.39 Å². The molecule has 0 aliphatic carbocycles. The zero-order valence-corrected chi connectivity index (χ0v) is 10.6. The Morgan fingerprint density at radius 1 is 1.21 bits per heavy atom. The summed E-state index contributed by atoms with van der Waals surface area (Å²) in [5, 5.41) is 4.81. The van der Waals surface area contributed by atoms with Crippen LogP contribution in [0.5, 0.6) is 0 Å². The molecule has 0 fully saturated rings. The summed E-state index contributed by atoms with van der Waals surface area (Å²) in [6.07, 6.45) is 2.64. The predicted molar refractivity (Wildman–Crippen MR) is 71.8 cm³/mol. The first kappa shape index (κ1) is 13.4. The maximum Gasteiger partial charge on any atom is 0.145 e. The molecule has 3 aromatic rings. The molecule has 0 atom stereocenters. The molecule has 0 bridgehead atoms. The van der Waals surface area contributed by atoms with Crippen molar-refractivity contribution in [2.75, 3.05) is 0 Å². The van der Waals surface area contributed by atoms with E-state index in [9.17, 15) is 4.39 Å². The summed E-state index contributed by atoms with van der Waals surface area (Å²) in [5.74, 6) is 0.288. The molecule has 98 valence electrons. The number of rotatable bonds is 2. The molecule has 19 heavy (non-hydrogen) atoms. The van der Waals surface area contributed by atoms with Crippen LogP contribution in [0.4, 0.5) is 4.39 Å². The number of halogens is 2. The van der Waals surface area contributed by atoms with Crippen molar-refractivity contribution in [3.63, 3.8) is 0 Å². The van der Waals surface area contributed by atoms with Crippen molar-refractivity contribution in [2.24, 2.45) is 5.73 Å². The highest BCUT2D eigenvalue weighted by molar-refractivity contribution is 5.85. The Kier molecular flexibility index (Phi) is 3.73. The van der Waals surface area contributed by atoms with Gasteiger partial charge in [-0.25, -0.2) is 14.1 Å². The Hall–Kier alpha value is -2.05. The van der Waals surface area contributed by atoms with Crippen molar-refractivity contribution in [1.82, 2.24) is 19.7 Å². The number of hydrogen-bond donors (Lipinski definition) is 1. The van der Waals surface area contributed by atoms with Gasteiger partial charge in [-0.1, -0.05) is 0 Å². The fraction of sp³-hybridized carbons (Fsp3) is 0.0833. The second kappa shape index (κ2) is 5.29. The minimum atomic E-state index is -0.364. The largest absolute Gasteiger partial charge is 0.324 e. The van der Waals surface area contributed by atoms with Crippen LogP contribution in [0.1, 0.15) is 5.82 Å². The van der Waals surface area contributed by atoms with Crippen LogP contribution in [-0.2, 0) is 6.54 Å². The summed E-state index contributed by atoms with van der Waals surface area (Å²) < 4.78 is 14.8. The van der Waals surface area contributed by atoms with Crippen molar-refractivity contribution in [3.8, 4) is 5.69 Å². The minimum absolute atomic E-state index is 0. The average molecular weight is 280 g/mol. The van der Waals surface area contributed by atoms with Gasteiger partial charge in [-0.15, -0.1) is 12.4 Å². The molecule has 3 rings (SSSR count). The van der Waals surface area contributed by atoms with Crippen LogP contribution in [0.3, 0.4) is 0 Å². The molecule has 5 nitrogen and oxygen atoms in total. The topological polar surface area (TPSA) is 69.6 Å². The summed E-state index contributed by atoms with van der Waals surface area (Å²) in [6.45, 7) is 0.291. The maximum atomic E-state index is 13.1. The molecule has 0 saturated heterocycles. The summed E-state index contributed by atoms with van der Waals surface area (Å²) in [7, 11) is 0. The molecule has 0 radical (unpaired) electrons. The number of benzene rings is 1. The molecule has 0 unspecified atom stereocenters. The monoisotopic (exact) mass is 279 g/mol. The summed E-state index contributed by atoms with van der Waals surface area (Å²) in [4.78, 5) is 8.05. The van der Waals surface area contributed by atoms with Gasteiger partial charge in [0.25, 0.3) is 0 Å². The molecular formula is C12H11ClFN5. The Morgan fingerprint density at radius 3 is 2.84 bits per heavy atom. The van der Waals surface area contributed by atoms with E-state index in [1.54, 1.807) is 10.7 Å². The Balaban J connectivity index is 0.00000133. The third-order valence-corrected chi connectivity index (χ3v) is 2.68. The quantitative estimate of drug-likeness (QED) is 0.777. The summed E-state index contributed by atoms with van der Waals surface area (Å²) in [6, 6.07) is 6.90. The van der Waals surface area contributed by atoms with Crippen molar-refractivity contribution >= 4 is 23.3 Å². The van der Waals surface area contributed by atoms with E-state index in [2.05, 4.69) is 15.1 Å². The van der Waals surface area contributed by atoms with Crippen LogP contribution in [0.25, 0.3) is 16.6 Å². The highest BCUT2D eigenvalue weighted by Gasteiger charge is 2.06. The molecule has 2 heterocycles. The number of hydrogen-bond acceptors (Lipinski definition) is 4. The zero-order chi connectivity index (χ0) is 12.5. The lowest BCUT2D eigenvalue weighted by molar-refractivity contribution is 0.624. The first-order chi connectivity index (χ1) is 8.78. The highest BCUT2D eigenvalue weighted by atomic mass is 35.5. The van der Waals surface area contributed by atoms with Crippen LogP contribution in [0.15, 0.2) is 36.8 Å². The van der Waals surface area contributed by atoms with Gasteiger partial charge in [-0.2, -0.15) is 5.10 Å². The van der Waals surface area contributed by atoms with Crippen LogP contribution in [0.2, 0.25) is 0 Å². The van der Waals surface area contributed by atoms with Crippen molar-refractivity contribution in [3.05, 3.63) is 48.4 Å². The molecule has 0 spiro atoms. The third-order valence-electron chi connectivity index (χ3n) is 2.68. The smallest absolute Gasteiger partial charge is 0.145 e. The van der Waals surface area contributed by atoms with E-state index >= 15 is 0 Å². The van der Waals surface area contributed by atoms with Gasteiger partial charge in [0.2, 0.25) is 0 Å². The highest BCUT2D eigenvalue weighted by Crippen LogP contribution is 2.17. The van der Waals surface area contributed by atoms with E-state index < -0.39 is 0 Å². The fourth-order valence-electron chi connectivity index (χ4n) is 1.84. The molecule has 0 aliphatic heterocycles. The van der Waals surface area contributed by atoms with E-state index in [0.29, 0.717) is 17.8 Å². The minimum Gasteiger partial charge on any atom is -0.324 e. The summed E-state index contributed by atoms with van der Waals surface area (Å²) >= 11 is 0. The van der Waals surface area contributed by atoms with Gasteiger partial charge in [0.05, 0.1) is 23.9 Å². The first-order valence-corrected chi connectivity index (χ1v) is 5.42. The van der Waals surface area contributed by atoms with Crippen LogP contribution < -0.4 is 5.73 Å². The first-order valence-electron chi connectivity index (χ1n) is 5.42. The van der Waals surface area contributed by atoms with E-state index in [1.807, 2.05) is 12.1 Å². The second-order valence-electron chi connectivity index (χ2n) is 3.82. The zero-order valence-electron chi connectivity index (χ0n) is 9.82. The van der Waals surface area contributed by atoms with Crippen molar-refractivity contribution < 1.29 is 4.39 Å². The average Bonchev–Trinajstić information content (AvgIpc) is 2.86. The Labute approximate surface area is 114 Å². The second-order valence-corrected chi connectivity index (χ2v) is 3.82. The maximum absolute atomic E-state index is 13.1. The van der Waals surface area contributed by atoms with Gasteiger partial charge >= 0.3 is 0 Å². The van der Waals surface area contributed by atoms with Crippen molar-refractivity contribution in [2.45, 2.75) is 6.54 Å². The van der Waals surface area contributed by atoms with Gasteiger partial charge in [0.1, 0.15) is 18.0 Å². The van der Waals surface area contributed by atoms with Gasteiger partial charge < -0.3 is 5.73 Å². The van der Waals surface area contributed by atoms with E-state index in [4.69, 9.17) is 5.73 Å². The SMILES string of the molecule is Cl.NCc1ncnn1-c1ccc2ncc(F)cc2c1. The lowest BCUT2D eigenvalue weighted by atomic mass is 10.2. The molecule has 7 heteroatoms. The predicted octanol–water partition coefficient (Wildman–Crippen LogP) is 1.84. The number of nitrogens with zero attached hydrogens (tertiary/aromatic N) is 4.